The summed E-state index contributed by atoms with van der Waals surface area (Å²) in [5.41, 5.74) is 1.74. The van der Waals surface area contributed by atoms with Crippen LogP contribution in [0.3, 0.4) is 0 Å². The molecule has 0 bridgehead atoms. The molecule has 2 amide bonds. The van der Waals surface area contributed by atoms with Crippen molar-refractivity contribution in [1.29, 1.82) is 0 Å². The van der Waals surface area contributed by atoms with Gasteiger partial charge in [-0.2, -0.15) is 0 Å². The van der Waals surface area contributed by atoms with E-state index in [-0.39, 0.29) is 35.5 Å². The molecule has 1 saturated carbocycles. The van der Waals surface area contributed by atoms with E-state index in [4.69, 9.17) is 0 Å². The smallest absolute Gasteiger partial charge is 0.255 e. The lowest BCUT2D eigenvalue weighted by atomic mass is 10.1. The summed E-state index contributed by atoms with van der Waals surface area (Å²) in [4.78, 5) is 36.2. The van der Waals surface area contributed by atoms with E-state index in [0.29, 0.717) is 16.8 Å². The number of hydrogen-bond acceptors (Lipinski definition) is 5. The van der Waals surface area contributed by atoms with Gasteiger partial charge in [-0.1, -0.05) is 0 Å². The van der Waals surface area contributed by atoms with E-state index < -0.39 is 15.9 Å². The number of carbonyl (C=O) groups is 3. The first kappa shape index (κ1) is 18.4. The van der Waals surface area contributed by atoms with Crippen LogP contribution in [-0.2, 0) is 14.8 Å². The second kappa shape index (κ2) is 6.87. The van der Waals surface area contributed by atoms with Gasteiger partial charge in [-0.15, -0.1) is 0 Å². The van der Waals surface area contributed by atoms with Crippen molar-refractivity contribution in [2.75, 3.05) is 15.4 Å². The lowest BCUT2D eigenvalue weighted by Gasteiger charge is -2.15. The fourth-order valence-electron chi connectivity index (χ4n) is 3.12. The van der Waals surface area contributed by atoms with Crippen molar-refractivity contribution in [3.05, 3.63) is 59.7 Å². The Labute approximate surface area is 162 Å². The lowest BCUT2D eigenvalue weighted by Crippen LogP contribution is -2.29. The monoisotopic (exact) mass is 398 g/mol. The third-order valence-corrected chi connectivity index (χ3v) is 6.51. The van der Waals surface area contributed by atoms with Gasteiger partial charge in [-0.3, -0.25) is 14.4 Å². The molecular weight excluding hydrogens is 380 g/mol. The molecule has 2 aromatic carbocycles. The number of benzene rings is 2. The Kier molecular flexibility index (Phi) is 4.50. The van der Waals surface area contributed by atoms with Crippen LogP contribution in [-0.4, -0.2) is 31.8 Å². The highest BCUT2D eigenvalue weighted by Crippen LogP contribution is 2.32. The van der Waals surface area contributed by atoms with Gasteiger partial charge in [0.25, 0.3) is 5.91 Å². The molecule has 0 unspecified atom stereocenters. The lowest BCUT2D eigenvalue weighted by molar-refractivity contribution is -0.116. The molecule has 4 rings (SSSR count). The van der Waals surface area contributed by atoms with Crippen molar-refractivity contribution in [2.45, 2.75) is 19.3 Å². The van der Waals surface area contributed by atoms with Gasteiger partial charge in [-0.25, -0.2) is 12.7 Å². The molecule has 1 heterocycles. The summed E-state index contributed by atoms with van der Waals surface area (Å²) >= 11 is 0. The Balaban J connectivity index is 1.45. The minimum atomic E-state index is -3.63. The Morgan fingerprint density at radius 3 is 2.07 bits per heavy atom. The van der Waals surface area contributed by atoms with Gasteiger partial charge in [0.1, 0.15) is 0 Å². The average molecular weight is 398 g/mol. The number of hydrogen-bond donors (Lipinski definition) is 1. The third-order valence-electron chi connectivity index (χ3n) is 4.82. The molecule has 7 nitrogen and oxygen atoms in total. The highest BCUT2D eigenvalue weighted by atomic mass is 32.2. The van der Waals surface area contributed by atoms with Crippen molar-refractivity contribution in [3.63, 3.8) is 0 Å². The molecule has 144 valence electrons. The van der Waals surface area contributed by atoms with Gasteiger partial charge < -0.3 is 5.32 Å². The minimum Gasteiger partial charge on any atom is -0.322 e. The normalized spacial score (nSPS) is 18.1. The zero-order chi connectivity index (χ0) is 19.9. The van der Waals surface area contributed by atoms with Crippen LogP contribution in [0.15, 0.2) is 48.5 Å². The standard InChI is InChI=1S/C20H18N2O5S/c23-18-11-12-28(26,27)22(18)17-9-5-15(6-10-17)20(25)21-16-7-3-14(4-8-16)19(24)13-1-2-13/h3-10,13H,1-2,11-12H2,(H,21,25). The van der Waals surface area contributed by atoms with Crippen LogP contribution in [0.1, 0.15) is 40.0 Å². The van der Waals surface area contributed by atoms with Gasteiger partial charge in [0.15, 0.2) is 5.78 Å². The van der Waals surface area contributed by atoms with Crippen LogP contribution in [0, 0.1) is 5.92 Å². The first-order valence-corrected chi connectivity index (χ1v) is 10.6. The quantitative estimate of drug-likeness (QED) is 0.780. The number of carbonyl (C=O) groups excluding carboxylic acids is 3. The molecule has 2 aliphatic rings. The number of Topliss-reactive ketones (excluding diaryl/α,β-unsaturated/α-hetero) is 1. The van der Waals surface area contributed by atoms with E-state index >= 15 is 0 Å². The second-order valence-corrected chi connectivity index (χ2v) is 8.88. The summed E-state index contributed by atoms with van der Waals surface area (Å²) in [6.07, 6.45) is 1.85. The first-order chi connectivity index (χ1) is 13.3. The number of nitrogens with zero attached hydrogens (tertiary/aromatic N) is 1. The van der Waals surface area contributed by atoms with Crippen molar-refractivity contribution in [1.82, 2.24) is 0 Å². The molecule has 2 fully saturated rings. The molecule has 0 atom stereocenters. The molecule has 1 aliphatic carbocycles. The van der Waals surface area contributed by atoms with E-state index in [9.17, 15) is 22.8 Å². The molecule has 8 heteroatoms. The number of anilines is 2. The van der Waals surface area contributed by atoms with Crippen molar-refractivity contribution in [3.8, 4) is 0 Å². The Morgan fingerprint density at radius 2 is 1.54 bits per heavy atom. The molecule has 28 heavy (non-hydrogen) atoms. The maximum Gasteiger partial charge on any atom is 0.255 e. The van der Waals surface area contributed by atoms with Crippen LogP contribution >= 0.6 is 0 Å². The SMILES string of the molecule is O=C(Nc1ccc(C(=O)C2CC2)cc1)c1ccc(N2C(=O)CCS2(=O)=O)cc1. The summed E-state index contributed by atoms with van der Waals surface area (Å²) in [5.74, 6) is -0.764. The highest BCUT2D eigenvalue weighted by Gasteiger charge is 2.36. The van der Waals surface area contributed by atoms with Gasteiger partial charge in [-0.05, 0) is 61.4 Å². The zero-order valence-corrected chi connectivity index (χ0v) is 15.7. The summed E-state index contributed by atoms with van der Waals surface area (Å²) in [7, 11) is -3.63. The fraction of sp³-hybridized carbons (Fsp3) is 0.250. The minimum absolute atomic E-state index is 0.0379. The summed E-state index contributed by atoms with van der Waals surface area (Å²) in [5, 5.41) is 2.73. The number of amides is 2. The molecule has 0 radical (unpaired) electrons. The number of sulfonamides is 1. The molecule has 2 aromatic rings. The van der Waals surface area contributed by atoms with Crippen molar-refractivity contribution >= 4 is 39.0 Å². The van der Waals surface area contributed by atoms with E-state index in [1.807, 2.05) is 0 Å². The Bertz CT molecular complexity index is 1050. The van der Waals surface area contributed by atoms with E-state index in [1.54, 1.807) is 24.3 Å². The predicted octanol–water partition coefficient (Wildman–Crippen LogP) is 2.60. The van der Waals surface area contributed by atoms with E-state index in [2.05, 4.69) is 5.32 Å². The van der Waals surface area contributed by atoms with Crippen LogP contribution < -0.4 is 9.62 Å². The summed E-state index contributed by atoms with van der Waals surface area (Å²) in [6, 6.07) is 12.6. The van der Waals surface area contributed by atoms with Crippen LogP contribution in [0.2, 0.25) is 0 Å². The number of rotatable bonds is 5. The maximum atomic E-state index is 12.4. The van der Waals surface area contributed by atoms with E-state index in [1.165, 1.54) is 24.3 Å². The number of nitrogens with one attached hydrogen (secondary N) is 1. The van der Waals surface area contributed by atoms with Crippen LogP contribution in [0.4, 0.5) is 11.4 Å². The van der Waals surface area contributed by atoms with Gasteiger partial charge >= 0.3 is 0 Å². The third kappa shape index (κ3) is 3.55. The summed E-state index contributed by atoms with van der Waals surface area (Å²) < 4.78 is 24.7. The van der Waals surface area contributed by atoms with Crippen LogP contribution in [0.25, 0.3) is 0 Å². The zero-order valence-electron chi connectivity index (χ0n) is 14.9. The molecule has 0 aromatic heterocycles. The molecule has 0 spiro atoms. The van der Waals surface area contributed by atoms with Crippen molar-refractivity contribution < 1.29 is 22.8 Å². The fourth-order valence-corrected chi connectivity index (χ4v) is 4.58. The van der Waals surface area contributed by atoms with E-state index in [0.717, 1.165) is 17.1 Å². The summed E-state index contributed by atoms with van der Waals surface area (Å²) in [6.45, 7) is 0. The first-order valence-electron chi connectivity index (χ1n) is 8.97. The number of ketones is 1. The predicted molar refractivity (Wildman–Crippen MR) is 104 cm³/mol. The molecule has 1 aliphatic heterocycles. The topological polar surface area (TPSA) is 101 Å². The van der Waals surface area contributed by atoms with Gasteiger partial charge in [0, 0.05) is 29.2 Å². The highest BCUT2D eigenvalue weighted by molar-refractivity contribution is 7.94. The van der Waals surface area contributed by atoms with Crippen LogP contribution in [0.5, 0.6) is 0 Å². The molecular formula is C20H18N2O5S. The Morgan fingerprint density at radius 1 is 0.929 bits per heavy atom. The molecule has 1 saturated heterocycles. The molecule has 1 N–H and O–H groups in total. The maximum absolute atomic E-state index is 12.4. The van der Waals surface area contributed by atoms with Gasteiger partial charge in [0.2, 0.25) is 15.9 Å². The average Bonchev–Trinajstić information content (AvgIpc) is 3.48. The van der Waals surface area contributed by atoms with Gasteiger partial charge in [0.05, 0.1) is 11.4 Å². The largest absolute Gasteiger partial charge is 0.322 e. The second-order valence-electron chi connectivity index (χ2n) is 6.94. The van der Waals surface area contributed by atoms with Crippen molar-refractivity contribution in [2.24, 2.45) is 5.92 Å². The Hall–Kier alpha value is -3.00.